The lowest BCUT2D eigenvalue weighted by molar-refractivity contribution is -0.114. The van der Waals surface area contributed by atoms with E-state index in [1.807, 2.05) is 18.2 Å². The van der Waals surface area contributed by atoms with Gasteiger partial charge in [0.1, 0.15) is 5.75 Å². The minimum absolute atomic E-state index is 0.192. The third kappa shape index (κ3) is 5.26. The van der Waals surface area contributed by atoms with Crippen LogP contribution in [0.15, 0.2) is 47.4 Å². The summed E-state index contributed by atoms with van der Waals surface area (Å²) in [5.74, 6) is 0.132. The molecule has 0 fully saturated rings. The number of benzene rings is 2. The predicted octanol–water partition coefficient (Wildman–Crippen LogP) is 4.41. The molecular formula is C19H22N2O3S. The van der Waals surface area contributed by atoms with Crippen LogP contribution in [-0.2, 0) is 4.79 Å². The highest BCUT2D eigenvalue weighted by atomic mass is 32.2. The topological polar surface area (TPSA) is 67.4 Å². The van der Waals surface area contributed by atoms with Gasteiger partial charge >= 0.3 is 0 Å². The van der Waals surface area contributed by atoms with E-state index < -0.39 is 0 Å². The quantitative estimate of drug-likeness (QED) is 0.751. The van der Waals surface area contributed by atoms with Gasteiger partial charge in [-0.2, -0.15) is 0 Å². The van der Waals surface area contributed by atoms with Crippen LogP contribution in [0.3, 0.4) is 0 Å². The van der Waals surface area contributed by atoms with Crippen LogP contribution < -0.4 is 15.4 Å². The maximum atomic E-state index is 12.7. The minimum Gasteiger partial charge on any atom is -0.495 e. The molecular weight excluding hydrogens is 336 g/mol. The zero-order valence-corrected chi connectivity index (χ0v) is 15.6. The Morgan fingerprint density at radius 2 is 1.80 bits per heavy atom. The summed E-state index contributed by atoms with van der Waals surface area (Å²) < 4.78 is 5.22. The molecule has 0 radical (unpaired) electrons. The van der Waals surface area contributed by atoms with E-state index in [9.17, 15) is 9.59 Å². The molecule has 0 aromatic heterocycles. The molecule has 2 amide bonds. The molecule has 6 heteroatoms. The fourth-order valence-electron chi connectivity index (χ4n) is 2.28. The summed E-state index contributed by atoms with van der Waals surface area (Å²) in [6.45, 7) is 5.59. The summed E-state index contributed by atoms with van der Waals surface area (Å²) in [6, 6.07) is 12.6. The van der Waals surface area contributed by atoms with Gasteiger partial charge in [0.25, 0.3) is 5.91 Å². The van der Waals surface area contributed by atoms with Gasteiger partial charge in [-0.1, -0.05) is 26.0 Å². The number of nitrogens with one attached hydrogen (secondary N) is 2. The van der Waals surface area contributed by atoms with Crippen molar-refractivity contribution >= 4 is 35.0 Å². The molecule has 25 heavy (non-hydrogen) atoms. The van der Waals surface area contributed by atoms with Crippen LogP contribution in [0.4, 0.5) is 11.4 Å². The molecule has 0 unspecified atom stereocenters. The van der Waals surface area contributed by atoms with E-state index in [0.717, 1.165) is 4.90 Å². The second-order valence-electron chi connectivity index (χ2n) is 5.71. The van der Waals surface area contributed by atoms with Crippen molar-refractivity contribution in [2.24, 2.45) is 0 Å². The highest BCUT2D eigenvalue weighted by molar-refractivity contribution is 8.00. The third-order valence-electron chi connectivity index (χ3n) is 3.26. The first-order chi connectivity index (χ1) is 11.9. The number of thioether (sulfide) groups is 1. The fourth-order valence-corrected chi connectivity index (χ4v) is 3.24. The van der Waals surface area contributed by atoms with Crippen molar-refractivity contribution in [2.45, 2.75) is 30.9 Å². The van der Waals surface area contributed by atoms with Crippen LogP contribution in [0.5, 0.6) is 5.75 Å². The largest absolute Gasteiger partial charge is 0.495 e. The van der Waals surface area contributed by atoms with Crippen molar-refractivity contribution < 1.29 is 14.3 Å². The fraction of sp³-hybridized carbons (Fsp3) is 0.263. The zero-order chi connectivity index (χ0) is 18.4. The third-order valence-corrected chi connectivity index (χ3v) is 4.34. The van der Waals surface area contributed by atoms with Crippen molar-refractivity contribution in [1.29, 1.82) is 0 Å². The Kier molecular flexibility index (Phi) is 6.47. The number of hydrogen-bond acceptors (Lipinski definition) is 4. The molecule has 2 N–H and O–H groups in total. The van der Waals surface area contributed by atoms with Crippen molar-refractivity contribution in [3.05, 3.63) is 48.0 Å². The van der Waals surface area contributed by atoms with Crippen molar-refractivity contribution in [3.8, 4) is 5.75 Å². The maximum absolute atomic E-state index is 12.7. The molecule has 0 saturated heterocycles. The molecule has 0 aliphatic rings. The van der Waals surface area contributed by atoms with Crippen LogP contribution in [-0.4, -0.2) is 24.2 Å². The molecule has 0 aliphatic carbocycles. The molecule has 2 aromatic rings. The molecule has 2 rings (SSSR count). The molecule has 0 heterocycles. The number of methoxy groups -OCH3 is 1. The first-order valence-corrected chi connectivity index (χ1v) is 8.81. The van der Waals surface area contributed by atoms with Gasteiger partial charge in [-0.25, -0.2) is 0 Å². The van der Waals surface area contributed by atoms with Crippen LogP contribution >= 0.6 is 11.8 Å². The predicted molar refractivity (Wildman–Crippen MR) is 103 cm³/mol. The number of hydrogen-bond donors (Lipinski definition) is 2. The number of anilines is 2. The minimum atomic E-state index is -0.208. The van der Waals surface area contributed by atoms with Crippen LogP contribution in [0.1, 0.15) is 31.1 Å². The summed E-state index contributed by atoms with van der Waals surface area (Å²) in [4.78, 5) is 24.9. The van der Waals surface area contributed by atoms with Crippen LogP contribution in [0.2, 0.25) is 0 Å². The average Bonchev–Trinajstić information content (AvgIpc) is 2.54. The number of amides is 2. The standard InChI is InChI=1S/C19H22N2O3S/c1-12(2)25-18-8-6-5-7-15(18)19(23)21-14-9-10-17(24-4)16(11-14)20-13(3)22/h5-12H,1-4H3,(H,20,22)(H,21,23). The lowest BCUT2D eigenvalue weighted by Crippen LogP contribution is -2.14. The lowest BCUT2D eigenvalue weighted by atomic mass is 10.2. The zero-order valence-electron chi connectivity index (χ0n) is 14.8. The van der Waals surface area contributed by atoms with E-state index in [4.69, 9.17) is 4.74 Å². The molecule has 0 atom stereocenters. The molecule has 132 valence electrons. The van der Waals surface area contributed by atoms with Gasteiger partial charge in [0.05, 0.1) is 18.4 Å². The second kappa shape index (κ2) is 8.58. The first-order valence-electron chi connectivity index (χ1n) is 7.93. The van der Waals surface area contributed by atoms with Gasteiger partial charge in [-0.15, -0.1) is 11.8 Å². The normalized spacial score (nSPS) is 10.4. The summed E-state index contributed by atoms with van der Waals surface area (Å²) in [6.07, 6.45) is 0. The highest BCUT2D eigenvalue weighted by Crippen LogP contribution is 2.30. The second-order valence-corrected chi connectivity index (χ2v) is 7.33. The SMILES string of the molecule is COc1ccc(NC(=O)c2ccccc2SC(C)C)cc1NC(C)=O. The first kappa shape index (κ1) is 18.9. The molecule has 2 aromatic carbocycles. The van der Waals surface area contributed by atoms with Crippen LogP contribution in [0.25, 0.3) is 0 Å². The molecule has 0 bridgehead atoms. The summed E-state index contributed by atoms with van der Waals surface area (Å²) in [5.41, 5.74) is 1.72. The molecule has 0 aliphatic heterocycles. The Morgan fingerprint density at radius 1 is 1.08 bits per heavy atom. The molecule has 0 spiro atoms. The summed E-state index contributed by atoms with van der Waals surface area (Å²) in [5, 5.41) is 5.95. The van der Waals surface area contributed by atoms with E-state index in [1.54, 1.807) is 36.0 Å². The van der Waals surface area contributed by atoms with E-state index in [2.05, 4.69) is 24.5 Å². The molecule has 0 saturated carbocycles. The smallest absolute Gasteiger partial charge is 0.256 e. The Hall–Kier alpha value is -2.47. The van der Waals surface area contributed by atoms with E-state index >= 15 is 0 Å². The number of carbonyl (C=O) groups is 2. The number of ether oxygens (including phenoxy) is 1. The molecule has 5 nitrogen and oxygen atoms in total. The Bertz CT molecular complexity index is 775. The van der Waals surface area contributed by atoms with E-state index in [1.165, 1.54) is 14.0 Å². The van der Waals surface area contributed by atoms with Crippen molar-refractivity contribution in [2.75, 3.05) is 17.7 Å². The summed E-state index contributed by atoms with van der Waals surface area (Å²) in [7, 11) is 1.53. The van der Waals surface area contributed by atoms with Gasteiger partial charge in [0.2, 0.25) is 5.91 Å². The van der Waals surface area contributed by atoms with Crippen LogP contribution in [0, 0.1) is 0 Å². The maximum Gasteiger partial charge on any atom is 0.256 e. The van der Waals surface area contributed by atoms with Gasteiger partial charge in [-0.05, 0) is 30.3 Å². The Morgan fingerprint density at radius 3 is 2.44 bits per heavy atom. The van der Waals surface area contributed by atoms with Gasteiger partial charge in [0.15, 0.2) is 0 Å². The number of carbonyl (C=O) groups excluding carboxylic acids is 2. The van der Waals surface area contributed by atoms with Gasteiger partial charge in [0, 0.05) is 22.8 Å². The van der Waals surface area contributed by atoms with Gasteiger partial charge in [-0.3, -0.25) is 9.59 Å². The monoisotopic (exact) mass is 358 g/mol. The summed E-state index contributed by atoms with van der Waals surface area (Å²) >= 11 is 1.64. The van der Waals surface area contributed by atoms with Crippen molar-refractivity contribution in [1.82, 2.24) is 0 Å². The van der Waals surface area contributed by atoms with Gasteiger partial charge < -0.3 is 15.4 Å². The van der Waals surface area contributed by atoms with Crippen molar-refractivity contribution in [3.63, 3.8) is 0 Å². The highest BCUT2D eigenvalue weighted by Gasteiger charge is 2.14. The van der Waals surface area contributed by atoms with E-state index in [-0.39, 0.29) is 11.8 Å². The Labute approximate surface area is 152 Å². The van der Waals surface area contributed by atoms with E-state index in [0.29, 0.717) is 27.9 Å². The average molecular weight is 358 g/mol. The Balaban J connectivity index is 2.25. The number of rotatable bonds is 6. The lowest BCUT2D eigenvalue weighted by Gasteiger charge is -2.14.